The van der Waals surface area contributed by atoms with Gasteiger partial charge in [-0.3, -0.25) is 4.90 Å². The first-order valence-corrected chi connectivity index (χ1v) is 7.21. The molecule has 0 saturated carbocycles. The van der Waals surface area contributed by atoms with Gasteiger partial charge in [0.15, 0.2) is 0 Å². The van der Waals surface area contributed by atoms with E-state index in [1.54, 1.807) is 6.07 Å². The summed E-state index contributed by atoms with van der Waals surface area (Å²) in [5, 5.41) is 0.745. The van der Waals surface area contributed by atoms with E-state index in [1.807, 2.05) is 19.2 Å². The van der Waals surface area contributed by atoms with Crippen molar-refractivity contribution in [2.45, 2.75) is 32.2 Å². The molecule has 2 aromatic rings. The third kappa shape index (κ3) is 2.52. The number of aromatic nitrogens is 1. The summed E-state index contributed by atoms with van der Waals surface area (Å²) >= 11 is 0. The average Bonchev–Trinajstić information content (AvgIpc) is 2.60. The average molecular weight is 260 g/mol. The lowest BCUT2D eigenvalue weighted by Gasteiger charge is -2.20. The first-order chi connectivity index (χ1) is 9.25. The molecule has 0 spiro atoms. The molecule has 1 saturated heterocycles. The van der Waals surface area contributed by atoms with Crippen LogP contribution in [0.3, 0.4) is 0 Å². The van der Waals surface area contributed by atoms with E-state index in [1.165, 1.54) is 50.5 Å². The van der Waals surface area contributed by atoms with Crippen molar-refractivity contribution in [1.29, 1.82) is 0 Å². The van der Waals surface area contributed by atoms with E-state index in [0.29, 0.717) is 0 Å². The predicted molar refractivity (Wildman–Crippen MR) is 76.6 cm³/mol. The lowest BCUT2D eigenvalue weighted by Crippen LogP contribution is -2.25. The molecule has 1 fully saturated rings. The standard InChI is InChI=1S/C16H21FN2/c1-18-13(12-19-9-4-2-3-5-10-19)11-14-15(17)7-6-8-16(14)18/h6-8,11H,2-5,9-10,12H2,1H3. The summed E-state index contributed by atoms with van der Waals surface area (Å²) < 4.78 is 15.9. The molecule has 0 radical (unpaired) electrons. The van der Waals surface area contributed by atoms with Gasteiger partial charge in [-0.25, -0.2) is 4.39 Å². The quantitative estimate of drug-likeness (QED) is 0.799. The van der Waals surface area contributed by atoms with Crippen LogP contribution in [-0.2, 0) is 13.6 Å². The third-order valence-corrected chi connectivity index (χ3v) is 4.22. The topological polar surface area (TPSA) is 8.17 Å². The third-order valence-electron chi connectivity index (χ3n) is 4.22. The number of hydrogen-bond acceptors (Lipinski definition) is 1. The number of benzene rings is 1. The van der Waals surface area contributed by atoms with E-state index >= 15 is 0 Å². The zero-order chi connectivity index (χ0) is 13.2. The molecule has 1 aromatic carbocycles. The minimum absolute atomic E-state index is 0.116. The molecule has 1 aromatic heterocycles. The maximum Gasteiger partial charge on any atom is 0.132 e. The summed E-state index contributed by atoms with van der Waals surface area (Å²) in [6.45, 7) is 3.28. The Morgan fingerprint density at radius 3 is 2.53 bits per heavy atom. The monoisotopic (exact) mass is 260 g/mol. The molecule has 19 heavy (non-hydrogen) atoms. The molecule has 102 valence electrons. The van der Waals surface area contributed by atoms with Crippen LogP contribution in [0.1, 0.15) is 31.4 Å². The minimum Gasteiger partial charge on any atom is -0.346 e. The van der Waals surface area contributed by atoms with Gasteiger partial charge >= 0.3 is 0 Å². The van der Waals surface area contributed by atoms with Crippen molar-refractivity contribution in [3.05, 3.63) is 35.8 Å². The molecule has 2 nitrogen and oxygen atoms in total. The molecule has 0 amide bonds. The van der Waals surface area contributed by atoms with Crippen molar-refractivity contribution in [2.75, 3.05) is 13.1 Å². The molecule has 0 unspecified atom stereocenters. The van der Waals surface area contributed by atoms with Crippen LogP contribution in [0.5, 0.6) is 0 Å². The van der Waals surface area contributed by atoms with Crippen LogP contribution in [-0.4, -0.2) is 22.6 Å². The number of fused-ring (bicyclic) bond motifs is 1. The molecule has 3 heteroatoms. The Labute approximate surface area is 113 Å². The predicted octanol–water partition coefficient (Wildman–Crippen LogP) is 3.69. The van der Waals surface area contributed by atoms with Gasteiger partial charge in [-0.2, -0.15) is 0 Å². The summed E-state index contributed by atoms with van der Waals surface area (Å²) in [5.41, 5.74) is 2.20. The van der Waals surface area contributed by atoms with E-state index in [2.05, 4.69) is 9.47 Å². The van der Waals surface area contributed by atoms with Crippen molar-refractivity contribution in [3.8, 4) is 0 Å². The van der Waals surface area contributed by atoms with Gasteiger partial charge in [-0.05, 0) is 44.1 Å². The highest BCUT2D eigenvalue weighted by molar-refractivity contribution is 5.81. The Morgan fingerprint density at radius 2 is 1.84 bits per heavy atom. The fourth-order valence-electron chi connectivity index (χ4n) is 3.05. The zero-order valence-electron chi connectivity index (χ0n) is 11.5. The summed E-state index contributed by atoms with van der Waals surface area (Å²) in [4.78, 5) is 2.50. The lowest BCUT2D eigenvalue weighted by molar-refractivity contribution is 0.271. The van der Waals surface area contributed by atoms with E-state index in [0.717, 1.165) is 17.4 Å². The van der Waals surface area contributed by atoms with Gasteiger partial charge in [0, 0.05) is 24.7 Å². The zero-order valence-corrected chi connectivity index (χ0v) is 11.5. The highest BCUT2D eigenvalue weighted by Gasteiger charge is 2.14. The second kappa shape index (κ2) is 5.33. The van der Waals surface area contributed by atoms with Crippen LogP contribution in [0.2, 0.25) is 0 Å². The number of rotatable bonds is 2. The van der Waals surface area contributed by atoms with E-state index in [4.69, 9.17) is 0 Å². The summed E-state index contributed by atoms with van der Waals surface area (Å²) in [6, 6.07) is 7.32. The second-order valence-corrected chi connectivity index (χ2v) is 5.56. The van der Waals surface area contributed by atoms with Crippen molar-refractivity contribution in [1.82, 2.24) is 9.47 Å². The molecular weight excluding hydrogens is 239 g/mol. The SMILES string of the molecule is Cn1c(CN2CCCCCC2)cc2c(F)cccc21. The van der Waals surface area contributed by atoms with Gasteiger partial charge in [0.25, 0.3) is 0 Å². The first kappa shape index (κ1) is 12.7. The Balaban J connectivity index is 1.88. The van der Waals surface area contributed by atoms with Crippen molar-refractivity contribution in [3.63, 3.8) is 0 Å². The Bertz CT molecular complexity index is 565. The van der Waals surface area contributed by atoms with Crippen LogP contribution in [0.4, 0.5) is 4.39 Å². The van der Waals surface area contributed by atoms with Crippen molar-refractivity contribution < 1.29 is 4.39 Å². The Morgan fingerprint density at radius 1 is 1.11 bits per heavy atom. The van der Waals surface area contributed by atoms with Gasteiger partial charge in [-0.1, -0.05) is 18.9 Å². The highest BCUT2D eigenvalue weighted by atomic mass is 19.1. The number of nitrogens with zero attached hydrogens (tertiary/aromatic N) is 2. The maximum absolute atomic E-state index is 13.8. The maximum atomic E-state index is 13.8. The van der Waals surface area contributed by atoms with Crippen molar-refractivity contribution in [2.24, 2.45) is 7.05 Å². The Hall–Kier alpha value is -1.35. The fraction of sp³-hybridized carbons (Fsp3) is 0.500. The number of halogens is 1. The summed E-state index contributed by atoms with van der Waals surface area (Å²) in [5.74, 6) is -0.116. The van der Waals surface area contributed by atoms with Gasteiger partial charge in [0.2, 0.25) is 0 Å². The number of hydrogen-bond donors (Lipinski definition) is 0. The molecule has 3 rings (SSSR count). The van der Waals surface area contributed by atoms with Gasteiger partial charge < -0.3 is 4.57 Å². The molecule has 2 heterocycles. The van der Waals surface area contributed by atoms with Gasteiger partial charge in [-0.15, -0.1) is 0 Å². The molecule has 0 atom stereocenters. The summed E-state index contributed by atoms with van der Waals surface area (Å²) in [7, 11) is 2.04. The Kier molecular flexibility index (Phi) is 3.56. The van der Waals surface area contributed by atoms with Crippen LogP contribution >= 0.6 is 0 Å². The number of likely N-dealkylation sites (tertiary alicyclic amines) is 1. The van der Waals surface area contributed by atoms with E-state index in [9.17, 15) is 4.39 Å². The molecule has 1 aliphatic rings. The van der Waals surface area contributed by atoms with Crippen LogP contribution in [0, 0.1) is 5.82 Å². The fourth-order valence-corrected chi connectivity index (χ4v) is 3.05. The van der Waals surface area contributed by atoms with E-state index in [-0.39, 0.29) is 5.82 Å². The molecular formula is C16H21FN2. The molecule has 1 aliphatic heterocycles. The van der Waals surface area contributed by atoms with Gasteiger partial charge in [0.05, 0.1) is 5.52 Å². The van der Waals surface area contributed by atoms with Crippen LogP contribution < -0.4 is 0 Å². The smallest absolute Gasteiger partial charge is 0.132 e. The van der Waals surface area contributed by atoms with E-state index < -0.39 is 0 Å². The molecule has 0 aliphatic carbocycles. The van der Waals surface area contributed by atoms with Crippen LogP contribution in [0.15, 0.2) is 24.3 Å². The first-order valence-electron chi connectivity index (χ1n) is 7.21. The van der Waals surface area contributed by atoms with Gasteiger partial charge in [0.1, 0.15) is 5.82 Å². The largest absolute Gasteiger partial charge is 0.346 e. The normalized spacial score (nSPS) is 17.8. The minimum atomic E-state index is -0.116. The number of aryl methyl sites for hydroxylation is 1. The second-order valence-electron chi connectivity index (χ2n) is 5.56. The van der Waals surface area contributed by atoms with Crippen LogP contribution in [0.25, 0.3) is 10.9 Å². The highest BCUT2D eigenvalue weighted by Crippen LogP contribution is 2.23. The lowest BCUT2D eigenvalue weighted by atomic mass is 10.2. The summed E-state index contributed by atoms with van der Waals surface area (Å²) in [6.07, 6.45) is 5.27. The molecule has 0 N–H and O–H groups in total. The van der Waals surface area contributed by atoms with Crippen molar-refractivity contribution >= 4 is 10.9 Å². The molecule has 0 bridgehead atoms.